The summed E-state index contributed by atoms with van der Waals surface area (Å²) in [6, 6.07) is 15.8. The van der Waals surface area contributed by atoms with Gasteiger partial charge in [-0.2, -0.15) is 13.2 Å². The van der Waals surface area contributed by atoms with E-state index in [1.54, 1.807) is 27.0 Å². The van der Waals surface area contributed by atoms with E-state index in [-0.39, 0.29) is 12.0 Å². The molecule has 2 atom stereocenters. The van der Waals surface area contributed by atoms with E-state index in [2.05, 4.69) is 18.1 Å². The van der Waals surface area contributed by atoms with Crippen LogP contribution >= 0.6 is 0 Å². The predicted octanol–water partition coefficient (Wildman–Crippen LogP) is 5.41. The first-order chi connectivity index (χ1) is 14.6. The van der Waals surface area contributed by atoms with Crippen LogP contribution in [0.3, 0.4) is 0 Å². The lowest BCUT2D eigenvalue weighted by atomic mass is 9.79. The van der Waals surface area contributed by atoms with E-state index in [0.29, 0.717) is 6.42 Å². The fraction of sp³-hybridized carbons (Fsp3) is 0.440. The molecule has 0 bridgehead atoms. The number of hydrazine groups is 1. The SMILES string of the molecule is COc1ccc(C(C)(C)C#CC(F)(F)F)cc1C[C@@H]1CCCN(N)[C@@H]1c1ccccc1. The van der Waals surface area contributed by atoms with E-state index in [0.717, 1.165) is 36.3 Å². The minimum absolute atomic E-state index is 0.0707. The van der Waals surface area contributed by atoms with Gasteiger partial charge in [-0.25, -0.2) is 5.01 Å². The van der Waals surface area contributed by atoms with Gasteiger partial charge in [0.25, 0.3) is 0 Å². The molecule has 166 valence electrons. The molecule has 0 aromatic heterocycles. The summed E-state index contributed by atoms with van der Waals surface area (Å²) in [5, 5.41) is 1.90. The molecule has 0 radical (unpaired) electrons. The van der Waals surface area contributed by atoms with Crippen LogP contribution < -0.4 is 10.6 Å². The van der Waals surface area contributed by atoms with Crippen LogP contribution in [0.2, 0.25) is 0 Å². The van der Waals surface area contributed by atoms with Crippen LogP contribution in [-0.4, -0.2) is 24.8 Å². The number of piperidine rings is 1. The van der Waals surface area contributed by atoms with Crippen molar-refractivity contribution < 1.29 is 17.9 Å². The standard InChI is InChI=1S/C25H29F3N2O/c1-24(2,13-14-25(26,27)28)21-11-12-22(31-3)20(17-21)16-19-10-7-15-30(29)23(19)18-8-5-4-6-9-18/h4-6,8-9,11-12,17,19,23H,7,10,15-16,29H2,1-3H3/t19-,23+/m0/s1. The molecule has 0 unspecified atom stereocenters. The van der Waals surface area contributed by atoms with Crippen LogP contribution in [0.15, 0.2) is 48.5 Å². The maximum atomic E-state index is 12.6. The van der Waals surface area contributed by atoms with Crippen LogP contribution in [0.4, 0.5) is 13.2 Å². The average molecular weight is 431 g/mol. The Kier molecular flexibility index (Phi) is 6.98. The smallest absolute Gasteiger partial charge is 0.457 e. The number of hydrogen-bond donors (Lipinski definition) is 1. The van der Waals surface area contributed by atoms with Crippen molar-refractivity contribution in [3.63, 3.8) is 0 Å². The van der Waals surface area contributed by atoms with Crippen molar-refractivity contribution in [2.24, 2.45) is 11.8 Å². The van der Waals surface area contributed by atoms with E-state index >= 15 is 0 Å². The van der Waals surface area contributed by atoms with Gasteiger partial charge in [-0.05, 0) is 61.8 Å². The molecule has 1 saturated heterocycles. The third-order valence-corrected chi connectivity index (χ3v) is 5.94. The van der Waals surface area contributed by atoms with Crippen LogP contribution in [0.25, 0.3) is 0 Å². The molecule has 0 spiro atoms. The number of halogens is 3. The topological polar surface area (TPSA) is 38.5 Å². The molecule has 6 heteroatoms. The zero-order chi connectivity index (χ0) is 22.6. The van der Waals surface area contributed by atoms with E-state index in [9.17, 15) is 13.2 Å². The molecule has 2 aromatic rings. The van der Waals surface area contributed by atoms with Crippen LogP contribution in [0, 0.1) is 17.8 Å². The van der Waals surface area contributed by atoms with E-state index in [1.165, 1.54) is 11.5 Å². The first-order valence-corrected chi connectivity index (χ1v) is 10.5. The van der Waals surface area contributed by atoms with Crippen molar-refractivity contribution in [1.29, 1.82) is 0 Å². The molecule has 1 aliphatic heterocycles. The van der Waals surface area contributed by atoms with Gasteiger partial charge in [-0.3, -0.25) is 5.84 Å². The summed E-state index contributed by atoms with van der Waals surface area (Å²) in [5.41, 5.74) is 1.92. The lowest BCUT2D eigenvalue weighted by molar-refractivity contribution is -0.0698. The molecule has 0 aliphatic carbocycles. The summed E-state index contributed by atoms with van der Waals surface area (Å²) in [5.74, 6) is 11.2. The van der Waals surface area contributed by atoms with Crippen molar-refractivity contribution in [3.8, 4) is 17.6 Å². The summed E-state index contributed by atoms with van der Waals surface area (Å²) in [6.07, 6.45) is -1.79. The second-order valence-corrected chi connectivity index (χ2v) is 8.60. The maximum absolute atomic E-state index is 12.6. The van der Waals surface area contributed by atoms with Crippen molar-refractivity contribution in [2.75, 3.05) is 13.7 Å². The third-order valence-electron chi connectivity index (χ3n) is 5.94. The minimum Gasteiger partial charge on any atom is -0.496 e. The Hall–Kier alpha value is -2.49. The third kappa shape index (κ3) is 5.81. The molecule has 31 heavy (non-hydrogen) atoms. The quantitative estimate of drug-likeness (QED) is 0.509. The van der Waals surface area contributed by atoms with Gasteiger partial charge in [-0.15, -0.1) is 0 Å². The Bertz CT molecular complexity index is 945. The number of methoxy groups -OCH3 is 1. The highest BCUT2D eigenvalue weighted by atomic mass is 19.4. The molecule has 3 rings (SSSR count). The first kappa shape index (κ1) is 23.2. The molecule has 3 nitrogen and oxygen atoms in total. The summed E-state index contributed by atoms with van der Waals surface area (Å²) in [4.78, 5) is 0. The normalized spacial score (nSPS) is 20.1. The van der Waals surface area contributed by atoms with Gasteiger partial charge < -0.3 is 4.74 Å². The number of benzene rings is 2. The highest BCUT2D eigenvalue weighted by Gasteiger charge is 2.32. The number of nitrogens with zero attached hydrogens (tertiary/aromatic N) is 1. The fourth-order valence-electron chi connectivity index (χ4n) is 4.34. The molecular formula is C25H29F3N2O. The number of rotatable bonds is 5. The first-order valence-electron chi connectivity index (χ1n) is 10.5. The maximum Gasteiger partial charge on any atom is 0.457 e. The molecule has 1 heterocycles. The summed E-state index contributed by atoms with van der Waals surface area (Å²) in [7, 11) is 1.61. The summed E-state index contributed by atoms with van der Waals surface area (Å²) < 4.78 is 43.5. The number of nitrogens with two attached hydrogens (primary N) is 1. The Balaban J connectivity index is 1.94. The fourth-order valence-corrected chi connectivity index (χ4v) is 4.34. The molecule has 2 N–H and O–H groups in total. The van der Waals surface area contributed by atoms with Crippen LogP contribution in [0.1, 0.15) is 49.4 Å². The highest BCUT2D eigenvalue weighted by molar-refractivity contribution is 5.44. The van der Waals surface area contributed by atoms with E-state index < -0.39 is 11.6 Å². The van der Waals surface area contributed by atoms with Crippen molar-refractivity contribution in [2.45, 2.75) is 50.7 Å². The van der Waals surface area contributed by atoms with Crippen molar-refractivity contribution in [1.82, 2.24) is 5.01 Å². The van der Waals surface area contributed by atoms with Gasteiger partial charge in [0.15, 0.2) is 0 Å². The van der Waals surface area contributed by atoms with Crippen molar-refractivity contribution in [3.05, 3.63) is 65.2 Å². The van der Waals surface area contributed by atoms with Crippen LogP contribution in [-0.2, 0) is 11.8 Å². The van der Waals surface area contributed by atoms with E-state index in [1.807, 2.05) is 35.3 Å². The number of ether oxygens (including phenoxy) is 1. The van der Waals surface area contributed by atoms with Crippen LogP contribution in [0.5, 0.6) is 5.75 Å². The van der Waals surface area contributed by atoms with Gasteiger partial charge in [-0.1, -0.05) is 48.4 Å². The Morgan fingerprint density at radius 2 is 1.81 bits per heavy atom. The average Bonchev–Trinajstić information content (AvgIpc) is 2.73. The van der Waals surface area contributed by atoms with Gasteiger partial charge in [0.2, 0.25) is 0 Å². The largest absolute Gasteiger partial charge is 0.496 e. The Labute approximate surface area is 182 Å². The molecule has 0 saturated carbocycles. The second kappa shape index (κ2) is 9.33. The molecule has 2 aromatic carbocycles. The number of alkyl halides is 3. The second-order valence-electron chi connectivity index (χ2n) is 8.60. The van der Waals surface area contributed by atoms with Gasteiger partial charge >= 0.3 is 6.18 Å². The zero-order valence-corrected chi connectivity index (χ0v) is 18.2. The van der Waals surface area contributed by atoms with Gasteiger partial charge in [0, 0.05) is 12.5 Å². The number of hydrogen-bond acceptors (Lipinski definition) is 3. The molecule has 1 aliphatic rings. The monoisotopic (exact) mass is 430 g/mol. The summed E-state index contributed by atoms with van der Waals surface area (Å²) >= 11 is 0. The van der Waals surface area contributed by atoms with E-state index in [4.69, 9.17) is 10.6 Å². The Morgan fingerprint density at radius 3 is 2.45 bits per heavy atom. The molecule has 0 amide bonds. The zero-order valence-electron chi connectivity index (χ0n) is 18.2. The van der Waals surface area contributed by atoms with Crippen molar-refractivity contribution >= 4 is 0 Å². The van der Waals surface area contributed by atoms with Gasteiger partial charge in [0.1, 0.15) is 5.75 Å². The summed E-state index contributed by atoms with van der Waals surface area (Å²) in [6.45, 7) is 4.23. The molecular weight excluding hydrogens is 401 g/mol. The Morgan fingerprint density at radius 1 is 1.10 bits per heavy atom. The predicted molar refractivity (Wildman–Crippen MR) is 116 cm³/mol. The lowest BCUT2D eigenvalue weighted by Crippen LogP contribution is -2.44. The minimum atomic E-state index is -4.51. The lowest BCUT2D eigenvalue weighted by Gasteiger charge is -2.39. The molecule has 1 fully saturated rings. The van der Waals surface area contributed by atoms with Gasteiger partial charge in [0.05, 0.1) is 18.6 Å². The highest BCUT2D eigenvalue weighted by Crippen LogP contribution is 2.38.